The van der Waals surface area contributed by atoms with Gasteiger partial charge < -0.3 is 5.11 Å². The van der Waals surface area contributed by atoms with Gasteiger partial charge in [0.1, 0.15) is 4.90 Å². The minimum absolute atomic E-state index is 0.178. The molecule has 2 atom stereocenters. The van der Waals surface area contributed by atoms with E-state index in [1.54, 1.807) is 0 Å². The van der Waals surface area contributed by atoms with E-state index in [2.05, 4.69) is 10.2 Å². The van der Waals surface area contributed by atoms with Crippen molar-refractivity contribution in [2.75, 3.05) is 13.1 Å². The van der Waals surface area contributed by atoms with Gasteiger partial charge in [0.05, 0.1) is 23.7 Å². The van der Waals surface area contributed by atoms with Gasteiger partial charge in [0, 0.05) is 13.1 Å². The normalized spacial score (nSPS) is 24.4. The quantitative estimate of drug-likeness (QED) is 0.846. The van der Waals surface area contributed by atoms with Crippen LogP contribution in [0.15, 0.2) is 11.1 Å². The molecule has 1 aliphatic rings. The van der Waals surface area contributed by atoms with Crippen LogP contribution in [0, 0.1) is 18.8 Å². The molecule has 1 saturated heterocycles. The molecule has 0 bridgehead atoms. The molecule has 0 aliphatic carbocycles. The van der Waals surface area contributed by atoms with Crippen LogP contribution in [0.3, 0.4) is 0 Å². The zero-order chi connectivity index (χ0) is 16.0. The van der Waals surface area contributed by atoms with E-state index in [-0.39, 0.29) is 10.6 Å². The largest absolute Gasteiger partial charge is 0.481 e. The molecule has 2 heterocycles. The summed E-state index contributed by atoms with van der Waals surface area (Å²) in [5, 5.41) is 14.8. The van der Waals surface area contributed by atoms with Gasteiger partial charge in [-0.25, -0.2) is 8.42 Å². The summed E-state index contributed by atoms with van der Waals surface area (Å²) in [6, 6.07) is 0. The molecule has 1 aromatic heterocycles. The van der Waals surface area contributed by atoms with Gasteiger partial charge in [0.15, 0.2) is 0 Å². The van der Waals surface area contributed by atoms with Gasteiger partial charge in [0.25, 0.3) is 0 Å². The lowest BCUT2D eigenvalue weighted by Gasteiger charge is -2.18. The second-order valence-corrected chi connectivity index (χ2v) is 6.68. The molecule has 0 aromatic carbocycles. The number of aromatic nitrogens is 2. The third-order valence-electron chi connectivity index (χ3n) is 3.43. The third-order valence-corrected chi connectivity index (χ3v) is 5.37. The van der Waals surface area contributed by atoms with Crippen molar-refractivity contribution in [3.8, 4) is 0 Å². The van der Waals surface area contributed by atoms with Crippen LogP contribution in [0.25, 0.3) is 0 Å². The second-order valence-electron chi connectivity index (χ2n) is 4.77. The topological polar surface area (TPSA) is 103 Å². The van der Waals surface area contributed by atoms with Crippen molar-refractivity contribution < 1.29 is 31.5 Å². The fourth-order valence-corrected chi connectivity index (χ4v) is 3.90. The van der Waals surface area contributed by atoms with Crippen molar-refractivity contribution in [3.63, 3.8) is 0 Å². The Kier molecular flexibility index (Phi) is 3.74. The predicted octanol–water partition coefficient (Wildman–Crippen LogP) is 0.602. The van der Waals surface area contributed by atoms with E-state index >= 15 is 0 Å². The van der Waals surface area contributed by atoms with Gasteiger partial charge in [-0.3, -0.25) is 9.89 Å². The molecule has 118 valence electrons. The summed E-state index contributed by atoms with van der Waals surface area (Å²) in [5.41, 5.74) is 0.178. The van der Waals surface area contributed by atoms with E-state index in [0.29, 0.717) is 4.31 Å². The minimum Gasteiger partial charge on any atom is -0.481 e. The number of carboxylic acids is 1. The fraction of sp³-hybridized carbons (Fsp3) is 0.600. The van der Waals surface area contributed by atoms with Crippen molar-refractivity contribution >= 4 is 16.0 Å². The summed E-state index contributed by atoms with van der Waals surface area (Å²) in [6.07, 6.45) is -3.79. The maximum absolute atomic E-state index is 12.9. The number of carbonyl (C=O) groups is 1. The van der Waals surface area contributed by atoms with Crippen molar-refractivity contribution in [1.29, 1.82) is 0 Å². The lowest BCUT2D eigenvalue weighted by molar-refractivity contribution is -0.187. The molecule has 1 aromatic rings. The maximum atomic E-state index is 12.9. The average molecular weight is 327 g/mol. The standard InChI is InChI=1S/C10H12F3N3O4S/c1-5-8(2-14-15-5)21(19,20)16-3-6(9(17)18)7(4-16)10(11,12)13/h2,6-7H,3-4H2,1H3,(H,14,15)(H,17,18)/t6-,7-/m0/s1. The van der Waals surface area contributed by atoms with Crippen molar-refractivity contribution in [1.82, 2.24) is 14.5 Å². The first kappa shape index (κ1) is 15.8. The number of halogens is 3. The van der Waals surface area contributed by atoms with Crippen LogP contribution in [-0.2, 0) is 14.8 Å². The third kappa shape index (κ3) is 2.75. The molecule has 21 heavy (non-hydrogen) atoms. The molecule has 0 amide bonds. The highest BCUT2D eigenvalue weighted by molar-refractivity contribution is 7.89. The van der Waals surface area contributed by atoms with Crippen LogP contribution in [-0.4, -0.2) is 53.3 Å². The summed E-state index contributed by atoms with van der Waals surface area (Å²) in [5.74, 6) is -5.71. The number of alkyl halides is 3. The molecule has 0 saturated carbocycles. The lowest BCUT2D eigenvalue weighted by Crippen LogP contribution is -2.34. The Hall–Kier alpha value is -1.62. The Bertz CT molecular complexity index is 655. The molecule has 1 aliphatic heterocycles. The number of aliphatic carboxylic acids is 1. The van der Waals surface area contributed by atoms with Crippen molar-refractivity contribution in [3.05, 3.63) is 11.9 Å². The van der Waals surface area contributed by atoms with Crippen LogP contribution < -0.4 is 0 Å². The molecule has 1 fully saturated rings. The highest BCUT2D eigenvalue weighted by Gasteiger charge is 2.55. The number of rotatable bonds is 3. The van der Waals surface area contributed by atoms with Gasteiger partial charge >= 0.3 is 12.1 Å². The van der Waals surface area contributed by atoms with Gasteiger partial charge in [0.2, 0.25) is 10.0 Å². The van der Waals surface area contributed by atoms with Crippen LogP contribution in [0.2, 0.25) is 0 Å². The molecule has 7 nitrogen and oxygen atoms in total. The molecular weight excluding hydrogens is 315 g/mol. The van der Waals surface area contributed by atoms with Crippen LogP contribution in [0.4, 0.5) is 13.2 Å². The van der Waals surface area contributed by atoms with Gasteiger partial charge in [-0.05, 0) is 6.92 Å². The van der Waals surface area contributed by atoms with Crippen molar-refractivity contribution in [2.24, 2.45) is 11.8 Å². The first-order valence-corrected chi connectivity index (χ1v) is 7.28. The van der Waals surface area contributed by atoms with E-state index in [9.17, 15) is 26.4 Å². The highest BCUT2D eigenvalue weighted by Crippen LogP contribution is 2.39. The number of H-pyrrole nitrogens is 1. The SMILES string of the molecule is Cc1[nH]ncc1S(=O)(=O)N1C[C@H](C(=O)O)[C@@H](C(F)(F)F)C1. The molecule has 2 rings (SSSR count). The monoisotopic (exact) mass is 327 g/mol. The predicted molar refractivity (Wildman–Crippen MR) is 62.8 cm³/mol. The zero-order valence-corrected chi connectivity index (χ0v) is 11.6. The Morgan fingerprint density at radius 1 is 1.48 bits per heavy atom. The average Bonchev–Trinajstić information content (AvgIpc) is 2.93. The Morgan fingerprint density at radius 2 is 2.10 bits per heavy atom. The first-order chi connectivity index (χ1) is 9.55. The lowest BCUT2D eigenvalue weighted by atomic mass is 9.96. The number of hydrogen-bond acceptors (Lipinski definition) is 4. The Morgan fingerprint density at radius 3 is 2.48 bits per heavy atom. The Labute approximate surface area is 117 Å². The number of nitrogens with zero attached hydrogens (tertiary/aromatic N) is 2. The first-order valence-electron chi connectivity index (χ1n) is 5.84. The molecule has 2 N–H and O–H groups in total. The van der Waals surface area contributed by atoms with Gasteiger partial charge in [-0.15, -0.1) is 0 Å². The summed E-state index contributed by atoms with van der Waals surface area (Å²) >= 11 is 0. The van der Waals surface area contributed by atoms with E-state index in [0.717, 1.165) is 6.20 Å². The maximum Gasteiger partial charge on any atom is 0.393 e. The molecular formula is C10H12F3N3O4S. The second kappa shape index (κ2) is 4.98. The smallest absolute Gasteiger partial charge is 0.393 e. The summed E-state index contributed by atoms with van der Waals surface area (Å²) < 4.78 is 63.6. The highest BCUT2D eigenvalue weighted by atomic mass is 32.2. The number of carboxylic acid groups (broad SMARTS) is 1. The van der Waals surface area contributed by atoms with Gasteiger partial charge in [-0.1, -0.05) is 0 Å². The molecule has 0 unspecified atom stereocenters. The van der Waals surface area contributed by atoms with Crippen molar-refractivity contribution in [2.45, 2.75) is 18.0 Å². The van der Waals surface area contributed by atoms with Crippen LogP contribution in [0.5, 0.6) is 0 Å². The summed E-state index contributed by atoms with van der Waals surface area (Å²) in [7, 11) is -4.21. The number of hydrogen-bond donors (Lipinski definition) is 2. The van der Waals surface area contributed by atoms with E-state index < -0.39 is 47.1 Å². The fourth-order valence-electron chi connectivity index (χ4n) is 2.28. The number of nitrogens with one attached hydrogen (secondary N) is 1. The zero-order valence-electron chi connectivity index (χ0n) is 10.8. The van der Waals surface area contributed by atoms with E-state index in [1.165, 1.54) is 6.92 Å². The number of aromatic amines is 1. The number of aryl methyl sites for hydroxylation is 1. The van der Waals surface area contributed by atoms with Crippen LogP contribution in [0.1, 0.15) is 5.69 Å². The van der Waals surface area contributed by atoms with E-state index in [4.69, 9.17) is 5.11 Å². The molecule has 0 radical (unpaired) electrons. The molecule has 0 spiro atoms. The summed E-state index contributed by atoms with van der Waals surface area (Å²) in [6.45, 7) is -0.217. The van der Waals surface area contributed by atoms with E-state index in [1.807, 2.05) is 0 Å². The minimum atomic E-state index is -4.78. The molecule has 11 heteroatoms. The summed E-state index contributed by atoms with van der Waals surface area (Å²) in [4.78, 5) is 10.7. The van der Waals surface area contributed by atoms with Crippen LogP contribution >= 0.6 is 0 Å². The Balaban J connectivity index is 2.36. The van der Waals surface area contributed by atoms with Gasteiger partial charge in [-0.2, -0.15) is 22.6 Å². The number of sulfonamides is 1.